The first-order valence-corrected chi connectivity index (χ1v) is 33.8. The highest BCUT2D eigenvalue weighted by Crippen LogP contribution is 2.37. The molecule has 0 fully saturated rings. The minimum Gasteiger partial charge on any atom is -0.494 e. The van der Waals surface area contributed by atoms with Crippen molar-refractivity contribution in [1.29, 1.82) is 0 Å². The van der Waals surface area contributed by atoms with Gasteiger partial charge in [0.2, 0.25) is 0 Å². The van der Waals surface area contributed by atoms with Crippen molar-refractivity contribution in [2.45, 2.75) is 83.1 Å². The summed E-state index contributed by atoms with van der Waals surface area (Å²) in [7, 11) is 0. The second kappa shape index (κ2) is 40.1. The van der Waals surface area contributed by atoms with Crippen LogP contribution in [0.1, 0.15) is 83.1 Å². The van der Waals surface area contributed by atoms with Crippen molar-refractivity contribution in [3.05, 3.63) is 218 Å². The van der Waals surface area contributed by atoms with Crippen LogP contribution >= 0.6 is 0 Å². The summed E-state index contributed by atoms with van der Waals surface area (Å²) in [4.78, 5) is 0. The molecule has 0 N–H and O–H groups in total. The van der Waals surface area contributed by atoms with E-state index in [0.29, 0.717) is 79.3 Å². The molecule has 96 heavy (non-hydrogen) atoms. The molecule has 12 nitrogen and oxygen atoms in total. The highest BCUT2D eigenvalue weighted by molar-refractivity contribution is 5.95. The Morgan fingerprint density at radius 3 is 0.802 bits per heavy atom. The minimum atomic E-state index is 0.651. The molecule has 0 aliphatic heterocycles. The van der Waals surface area contributed by atoms with Crippen LogP contribution in [0.2, 0.25) is 0 Å². The maximum Gasteiger partial charge on any atom is 0.161 e. The highest BCUT2D eigenvalue weighted by Gasteiger charge is 2.11. The largest absolute Gasteiger partial charge is 0.494 e. The fourth-order valence-electron chi connectivity index (χ4n) is 10.6. The van der Waals surface area contributed by atoms with Crippen LogP contribution in [0.5, 0.6) is 69.0 Å². The molecule has 0 spiro atoms. The first-order valence-electron chi connectivity index (χ1n) is 33.8. The van der Waals surface area contributed by atoms with E-state index in [2.05, 4.69) is 78.9 Å². The van der Waals surface area contributed by atoms with Crippen LogP contribution in [0.25, 0.3) is 64.6 Å². The molecule has 0 atom stereocenters. The molecule has 0 radical (unpaired) electrons. The van der Waals surface area contributed by atoms with Crippen LogP contribution in [0.15, 0.2) is 218 Å². The SMILES string of the molecule is CCOc1cc2ccccc2cc1OCC.CCOc1ccc2c(OCC)cccc2c1.CCOc1ccc2cc(OCC)ccc2c1.CCOc1ccc2ccc(OCC)cc2c1.CCOc1cccc2c(OCC)cccc12.CCOc1cccc2cccc(OCC)c12. The second-order valence-corrected chi connectivity index (χ2v) is 21.0. The number of hydrogen-bond acceptors (Lipinski definition) is 12. The van der Waals surface area contributed by atoms with Crippen molar-refractivity contribution in [1.82, 2.24) is 0 Å². The standard InChI is InChI=1S/6C14H16O2/c1-3-15-13-9-5-8-12-11(13)7-6-10-14(12)16-4-2;1-3-15-13-7-5-12-10-14(16-4-2)8-6-11(12)9-13;1-3-15-13-7-5-11-6-8-14(16-4-2)10-12(11)9-13;1-3-15-12-9-5-7-11-8-6-10-13(14(11)12)16-4-2;1-3-15-12-8-9-13-11(10-12)6-5-7-14(13)16-4-2;1-3-15-13-9-11-7-5-6-8-12(11)10-14(13)16-4-2/h6*5-10H,3-4H2,1-2H3. The van der Waals surface area contributed by atoms with Gasteiger partial charge in [0.15, 0.2) is 11.5 Å². The normalized spacial score (nSPS) is 10.4. The lowest BCUT2D eigenvalue weighted by atomic mass is 10.1. The summed E-state index contributed by atoms with van der Waals surface area (Å²) in [5.41, 5.74) is 0. The zero-order chi connectivity index (χ0) is 68.3. The van der Waals surface area contributed by atoms with E-state index in [1.165, 1.54) is 26.9 Å². The maximum atomic E-state index is 5.63. The van der Waals surface area contributed by atoms with Crippen molar-refractivity contribution in [3.63, 3.8) is 0 Å². The summed E-state index contributed by atoms with van der Waals surface area (Å²) in [6, 6.07) is 73.0. The molecule has 0 bridgehead atoms. The van der Waals surface area contributed by atoms with Gasteiger partial charge in [0.25, 0.3) is 0 Å². The van der Waals surface area contributed by atoms with Gasteiger partial charge in [-0.3, -0.25) is 0 Å². The predicted octanol–water partition coefficient (Wildman–Crippen LogP) is 21.8. The minimum absolute atomic E-state index is 0.651. The molecule has 0 aliphatic carbocycles. The number of hydrogen-bond donors (Lipinski definition) is 0. The molecule has 12 aromatic rings. The van der Waals surface area contributed by atoms with E-state index in [1.807, 2.05) is 223 Å². The Kier molecular flexibility index (Phi) is 30.6. The zero-order valence-electron chi connectivity index (χ0n) is 58.2. The lowest BCUT2D eigenvalue weighted by Gasteiger charge is -2.11. The summed E-state index contributed by atoms with van der Waals surface area (Å²) in [6.45, 7) is 32.0. The molecule has 0 saturated heterocycles. The Morgan fingerprint density at radius 1 is 0.167 bits per heavy atom. The Morgan fingerprint density at radius 2 is 0.427 bits per heavy atom. The molecule has 0 aliphatic rings. The Hall–Kier alpha value is -10.2. The van der Waals surface area contributed by atoms with Crippen LogP contribution in [-0.4, -0.2) is 79.3 Å². The lowest BCUT2D eigenvalue weighted by molar-refractivity contribution is 0.288. The third-order valence-corrected chi connectivity index (χ3v) is 14.5. The van der Waals surface area contributed by atoms with Gasteiger partial charge in [0.05, 0.1) is 84.7 Å². The smallest absolute Gasteiger partial charge is 0.161 e. The highest BCUT2D eigenvalue weighted by atomic mass is 16.5. The van der Waals surface area contributed by atoms with Crippen LogP contribution in [-0.2, 0) is 0 Å². The molecule has 0 unspecified atom stereocenters. The summed E-state index contributed by atoms with van der Waals surface area (Å²) >= 11 is 0. The summed E-state index contributed by atoms with van der Waals surface area (Å²) in [5.74, 6) is 10.7. The van der Waals surface area contributed by atoms with Crippen LogP contribution in [0.4, 0.5) is 0 Å². The number of fused-ring (bicyclic) bond motifs is 6. The maximum absolute atomic E-state index is 5.63. The van der Waals surface area contributed by atoms with Crippen LogP contribution < -0.4 is 56.8 Å². The predicted molar refractivity (Wildman–Crippen MR) is 398 cm³/mol. The zero-order valence-corrected chi connectivity index (χ0v) is 58.2. The van der Waals surface area contributed by atoms with Crippen LogP contribution in [0.3, 0.4) is 0 Å². The Bertz CT molecular complexity index is 4030. The van der Waals surface area contributed by atoms with Gasteiger partial charge >= 0.3 is 0 Å². The molecule has 0 saturated carbocycles. The van der Waals surface area contributed by atoms with E-state index in [0.717, 1.165) is 107 Å². The van der Waals surface area contributed by atoms with Gasteiger partial charge in [0.1, 0.15) is 57.5 Å². The van der Waals surface area contributed by atoms with Crippen molar-refractivity contribution < 1.29 is 56.8 Å². The van der Waals surface area contributed by atoms with E-state index in [9.17, 15) is 0 Å². The molecule has 0 amide bonds. The third kappa shape index (κ3) is 21.4. The third-order valence-electron chi connectivity index (χ3n) is 14.5. The van der Waals surface area contributed by atoms with Gasteiger partial charge in [-0.15, -0.1) is 0 Å². The summed E-state index contributed by atoms with van der Waals surface area (Å²) in [5, 5.41) is 13.8. The Labute approximate surface area is 568 Å². The molecular formula is C84H96O12. The van der Waals surface area contributed by atoms with E-state index >= 15 is 0 Å². The van der Waals surface area contributed by atoms with Gasteiger partial charge in [-0.25, -0.2) is 0 Å². The molecular weight excluding hydrogens is 1200 g/mol. The van der Waals surface area contributed by atoms with Crippen LogP contribution in [0, 0.1) is 0 Å². The van der Waals surface area contributed by atoms with Crippen molar-refractivity contribution >= 4 is 64.6 Å². The molecule has 12 rings (SSSR count). The van der Waals surface area contributed by atoms with Crippen molar-refractivity contribution in [2.24, 2.45) is 0 Å². The van der Waals surface area contributed by atoms with Gasteiger partial charge in [-0.1, -0.05) is 109 Å². The van der Waals surface area contributed by atoms with E-state index < -0.39 is 0 Å². The van der Waals surface area contributed by atoms with Crippen molar-refractivity contribution in [2.75, 3.05) is 79.3 Å². The van der Waals surface area contributed by atoms with Crippen molar-refractivity contribution in [3.8, 4) is 69.0 Å². The molecule has 12 heteroatoms. The van der Waals surface area contributed by atoms with E-state index in [1.54, 1.807) is 0 Å². The average molecular weight is 1300 g/mol. The summed E-state index contributed by atoms with van der Waals surface area (Å²) < 4.78 is 66.5. The van der Waals surface area contributed by atoms with E-state index in [-0.39, 0.29) is 0 Å². The number of rotatable bonds is 24. The first kappa shape index (κ1) is 73.2. The summed E-state index contributed by atoms with van der Waals surface area (Å²) in [6.07, 6.45) is 0. The molecule has 0 heterocycles. The quantitative estimate of drug-likeness (QED) is 0.0574. The van der Waals surface area contributed by atoms with Gasteiger partial charge in [-0.2, -0.15) is 0 Å². The molecule has 504 valence electrons. The number of ether oxygens (including phenoxy) is 12. The van der Waals surface area contributed by atoms with Gasteiger partial charge in [0, 0.05) is 16.2 Å². The van der Waals surface area contributed by atoms with E-state index in [4.69, 9.17) is 56.8 Å². The lowest BCUT2D eigenvalue weighted by Crippen LogP contribution is -1.98. The first-order chi connectivity index (χ1) is 47.1. The average Bonchev–Trinajstić information content (AvgIpc) is 0.936. The fraction of sp³-hybridized carbons (Fsp3) is 0.286. The molecule has 12 aromatic carbocycles. The fourth-order valence-corrected chi connectivity index (χ4v) is 10.6. The second-order valence-electron chi connectivity index (χ2n) is 21.0. The topological polar surface area (TPSA) is 111 Å². The number of benzene rings is 12. The molecule has 0 aromatic heterocycles. The monoisotopic (exact) mass is 1300 g/mol. The Balaban J connectivity index is 0.000000163. The van der Waals surface area contributed by atoms with Gasteiger partial charge in [-0.05, 0) is 235 Å². The van der Waals surface area contributed by atoms with Gasteiger partial charge < -0.3 is 56.8 Å².